The number of rotatable bonds is 6. The maximum atomic E-state index is 5.90. The maximum absolute atomic E-state index is 5.90. The van der Waals surface area contributed by atoms with Gasteiger partial charge in [-0.3, -0.25) is 0 Å². The molecule has 2 N–H and O–H groups in total. The minimum Gasteiger partial charge on any atom is -0.344 e. The molecule has 0 amide bonds. The summed E-state index contributed by atoms with van der Waals surface area (Å²) in [6.07, 6.45) is 5.60. The van der Waals surface area contributed by atoms with Crippen LogP contribution in [0.25, 0.3) is 0 Å². The summed E-state index contributed by atoms with van der Waals surface area (Å²) in [7, 11) is 2.02. The molecule has 1 aromatic rings. The van der Waals surface area contributed by atoms with Gasteiger partial charge in [-0.05, 0) is 24.3 Å². The van der Waals surface area contributed by atoms with Gasteiger partial charge in [0.1, 0.15) is 0 Å². The zero-order valence-electron chi connectivity index (χ0n) is 11.3. The summed E-state index contributed by atoms with van der Waals surface area (Å²) in [4.78, 5) is 10.8. The van der Waals surface area contributed by atoms with Crippen LogP contribution in [0.2, 0.25) is 0 Å². The molecular weight excluding hydrogens is 212 g/mol. The highest BCUT2D eigenvalue weighted by Crippen LogP contribution is 2.09. The molecule has 0 aliphatic heterocycles. The monoisotopic (exact) mass is 236 g/mol. The third-order valence-corrected chi connectivity index (χ3v) is 2.69. The number of hydrogen-bond donors (Lipinski definition) is 1. The fourth-order valence-corrected chi connectivity index (χ4v) is 1.73. The first-order valence-corrected chi connectivity index (χ1v) is 6.30. The zero-order valence-corrected chi connectivity index (χ0v) is 11.3. The molecule has 0 fully saturated rings. The molecule has 0 spiro atoms. The van der Waals surface area contributed by atoms with Crippen molar-refractivity contribution in [2.24, 2.45) is 11.7 Å². The minimum atomic E-state index is 0.206. The van der Waals surface area contributed by atoms with Gasteiger partial charge in [-0.15, -0.1) is 0 Å². The molecule has 0 saturated heterocycles. The lowest BCUT2D eigenvalue weighted by Gasteiger charge is -2.19. The van der Waals surface area contributed by atoms with Gasteiger partial charge in [-0.25, -0.2) is 9.97 Å². The lowest BCUT2D eigenvalue weighted by Crippen LogP contribution is -2.25. The average molecular weight is 236 g/mol. The predicted molar refractivity (Wildman–Crippen MR) is 72.1 cm³/mol. The summed E-state index contributed by atoms with van der Waals surface area (Å²) < 4.78 is 0. The van der Waals surface area contributed by atoms with Crippen LogP contribution in [0.15, 0.2) is 12.4 Å². The SMILES string of the molecule is CCC(N)Cc1cnc(N(C)CC(C)C)nc1. The Labute approximate surface area is 104 Å². The van der Waals surface area contributed by atoms with Crippen molar-refractivity contribution in [3.63, 3.8) is 0 Å². The molecule has 0 aliphatic carbocycles. The van der Waals surface area contributed by atoms with Crippen molar-refractivity contribution in [3.8, 4) is 0 Å². The molecule has 0 radical (unpaired) electrons. The van der Waals surface area contributed by atoms with Crippen LogP contribution in [-0.4, -0.2) is 29.6 Å². The minimum absolute atomic E-state index is 0.206. The fourth-order valence-electron chi connectivity index (χ4n) is 1.73. The van der Waals surface area contributed by atoms with Crippen LogP contribution >= 0.6 is 0 Å². The van der Waals surface area contributed by atoms with Gasteiger partial charge in [-0.2, -0.15) is 0 Å². The summed E-state index contributed by atoms with van der Waals surface area (Å²) in [5, 5.41) is 0. The highest BCUT2D eigenvalue weighted by Gasteiger charge is 2.07. The van der Waals surface area contributed by atoms with Gasteiger partial charge in [0, 0.05) is 32.0 Å². The van der Waals surface area contributed by atoms with Crippen LogP contribution in [0.4, 0.5) is 5.95 Å². The Morgan fingerprint density at radius 3 is 2.35 bits per heavy atom. The third kappa shape index (κ3) is 4.69. The van der Waals surface area contributed by atoms with Gasteiger partial charge in [0.05, 0.1) is 0 Å². The van der Waals surface area contributed by atoms with Gasteiger partial charge in [0.25, 0.3) is 0 Å². The number of nitrogens with zero attached hydrogens (tertiary/aromatic N) is 3. The Morgan fingerprint density at radius 2 is 1.88 bits per heavy atom. The fraction of sp³-hybridized carbons (Fsp3) is 0.692. The van der Waals surface area contributed by atoms with Gasteiger partial charge in [-0.1, -0.05) is 20.8 Å². The molecule has 1 heterocycles. The molecule has 1 atom stereocenters. The molecular formula is C13H24N4. The molecule has 4 heteroatoms. The van der Waals surface area contributed by atoms with Crippen molar-refractivity contribution in [2.45, 2.75) is 39.7 Å². The standard InChI is InChI=1S/C13H24N4/c1-5-12(14)6-11-7-15-13(16-8-11)17(4)9-10(2)3/h7-8,10,12H,5-6,9,14H2,1-4H3. The molecule has 0 aromatic carbocycles. The molecule has 96 valence electrons. The summed E-state index contributed by atoms with van der Waals surface area (Å²) >= 11 is 0. The normalized spacial score (nSPS) is 12.8. The van der Waals surface area contributed by atoms with Gasteiger partial charge >= 0.3 is 0 Å². The number of aromatic nitrogens is 2. The Balaban J connectivity index is 2.61. The Hall–Kier alpha value is -1.16. The Morgan fingerprint density at radius 1 is 1.29 bits per heavy atom. The molecule has 4 nitrogen and oxygen atoms in total. The Kier molecular flexibility index (Phi) is 5.35. The van der Waals surface area contributed by atoms with Crippen molar-refractivity contribution in [1.82, 2.24) is 9.97 Å². The smallest absolute Gasteiger partial charge is 0.224 e. The van der Waals surface area contributed by atoms with E-state index in [0.29, 0.717) is 5.92 Å². The van der Waals surface area contributed by atoms with Crippen molar-refractivity contribution < 1.29 is 0 Å². The number of hydrogen-bond acceptors (Lipinski definition) is 4. The highest BCUT2D eigenvalue weighted by atomic mass is 15.2. The van der Waals surface area contributed by atoms with E-state index in [4.69, 9.17) is 5.73 Å². The molecule has 0 aliphatic rings. The van der Waals surface area contributed by atoms with E-state index in [9.17, 15) is 0 Å². The van der Waals surface area contributed by atoms with Crippen molar-refractivity contribution >= 4 is 5.95 Å². The van der Waals surface area contributed by atoms with Crippen molar-refractivity contribution in [3.05, 3.63) is 18.0 Å². The van der Waals surface area contributed by atoms with Crippen LogP contribution in [0, 0.1) is 5.92 Å². The van der Waals surface area contributed by atoms with E-state index in [2.05, 4.69) is 35.6 Å². The van der Waals surface area contributed by atoms with Crippen LogP contribution in [-0.2, 0) is 6.42 Å². The lowest BCUT2D eigenvalue weighted by atomic mass is 10.1. The van der Waals surface area contributed by atoms with Crippen molar-refractivity contribution in [1.29, 1.82) is 0 Å². The summed E-state index contributed by atoms with van der Waals surface area (Å²) in [5.41, 5.74) is 7.01. The Bertz CT molecular complexity index is 321. The van der Waals surface area contributed by atoms with E-state index in [-0.39, 0.29) is 6.04 Å². The second kappa shape index (κ2) is 6.55. The molecule has 1 rings (SSSR count). The van der Waals surface area contributed by atoms with Crippen molar-refractivity contribution in [2.75, 3.05) is 18.5 Å². The summed E-state index contributed by atoms with van der Waals surface area (Å²) in [6, 6.07) is 0.206. The summed E-state index contributed by atoms with van der Waals surface area (Å²) in [6.45, 7) is 7.43. The van der Waals surface area contributed by atoms with E-state index in [1.54, 1.807) is 0 Å². The van der Waals surface area contributed by atoms with Gasteiger partial charge in [0.15, 0.2) is 0 Å². The first kappa shape index (κ1) is 13.9. The van der Waals surface area contributed by atoms with E-state index < -0.39 is 0 Å². The van der Waals surface area contributed by atoms with Crippen LogP contribution in [0.1, 0.15) is 32.8 Å². The van der Waals surface area contributed by atoms with Crippen LogP contribution < -0.4 is 10.6 Å². The first-order valence-electron chi connectivity index (χ1n) is 6.30. The van der Waals surface area contributed by atoms with Crippen LogP contribution in [0.3, 0.4) is 0 Å². The lowest BCUT2D eigenvalue weighted by molar-refractivity contribution is 0.626. The molecule has 0 bridgehead atoms. The average Bonchev–Trinajstić information content (AvgIpc) is 2.28. The highest BCUT2D eigenvalue weighted by molar-refractivity contribution is 5.28. The molecule has 0 saturated carbocycles. The second-order valence-corrected chi connectivity index (χ2v) is 5.04. The topological polar surface area (TPSA) is 55.0 Å². The van der Waals surface area contributed by atoms with Gasteiger partial charge in [0.2, 0.25) is 5.95 Å². The predicted octanol–water partition coefficient (Wildman–Crippen LogP) is 1.85. The largest absolute Gasteiger partial charge is 0.344 e. The van der Waals surface area contributed by atoms with E-state index in [1.807, 2.05) is 19.4 Å². The number of nitrogens with two attached hydrogens (primary N) is 1. The van der Waals surface area contributed by atoms with E-state index in [1.165, 1.54) is 0 Å². The molecule has 1 aromatic heterocycles. The number of anilines is 1. The van der Waals surface area contributed by atoms with Gasteiger partial charge < -0.3 is 10.6 Å². The van der Waals surface area contributed by atoms with E-state index in [0.717, 1.165) is 30.9 Å². The first-order chi connectivity index (χ1) is 8.02. The van der Waals surface area contributed by atoms with E-state index >= 15 is 0 Å². The maximum Gasteiger partial charge on any atom is 0.224 e. The van der Waals surface area contributed by atoms with Crippen LogP contribution in [0.5, 0.6) is 0 Å². The summed E-state index contributed by atoms with van der Waals surface area (Å²) in [5.74, 6) is 1.39. The third-order valence-electron chi connectivity index (χ3n) is 2.69. The quantitative estimate of drug-likeness (QED) is 0.819. The molecule has 1 unspecified atom stereocenters. The second-order valence-electron chi connectivity index (χ2n) is 5.04. The molecule has 17 heavy (non-hydrogen) atoms. The zero-order chi connectivity index (χ0) is 12.8.